The van der Waals surface area contributed by atoms with Gasteiger partial charge in [-0.25, -0.2) is 0 Å². The van der Waals surface area contributed by atoms with E-state index in [0.29, 0.717) is 23.5 Å². The largest absolute Gasteiger partial charge is 0.344 e. The third kappa shape index (κ3) is 2.62. The fraction of sp³-hybridized carbons (Fsp3) is 0.294. The smallest absolute Gasteiger partial charge is 0.269 e. The average molecular weight is 297 g/mol. The van der Waals surface area contributed by atoms with Gasteiger partial charge < -0.3 is 15.2 Å². The molecule has 1 aromatic heterocycles. The fourth-order valence-corrected chi connectivity index (χ4v) is 2.71. The Hall–Kier alpha value is -2.56. The summed E-state index contributed by atoms with van der Waals surface area (Å²) < 4.78 is 1.84. The SMILES string of the molecule is Cc1ccc(NC(=O)c2ccn3c2C(=O)NC(C)(C)C3)cc1. The van der Waals surface area contributed by atoms with Crippen molar-refractivity contribution in [1.82, 2.24) is 9.88 Å². The average Bonchev–Trinajstić information content (AvgIpc) is 2.84. The fourth-order valence-electron chi connectivity index (χ4n) is 2.71. The van der Waals surface area contributed by atoms with Crippen LogP contribution in [-0.4, -0.2) is 21.9 Å². The summed E-state index contributed by atoms with van der Waals surface area (Å²) in [5, 5.41) is 5.76. The molecular weight excluding hydrogens is 278 g/mol. The molecule has 0 unspecified atom stereocenters. The monoisotopic (exact) mass is 297 g/mol. The van der Waals surface area contributed by atoms with Gasteiger partial charge in [0, 0.05) is 18.4 Å². The zero-order valence-corrected chi connectivity index (χ0v) is 12.9. The van der Waals surface area contributed by atoms with Crippen LogP contribution in [0.4, 0.5) is 5.69 Å². The van der Waals surface area contributed by atoms with Crippen molar-refractivity contribution in [3.63, 3.8) is 0 Å². The molecule has 0 saturated carbocycles. The van der Waals surface area contributed by atoms with Crippen LogP contribution in [0, 0.1) is 6.92 Å². The van der Waals surface area contributed by atoms with Crippen LogP contribution in [0.1, 0.15) is 40.3 Å². The maximum Gasteiger partial charge on any atom is 0.269 e. The van der Waals surface area contributed by atoms with E-state index < -0.39 is 0 Å². The normalized spacial score (nSPS) is 15.9. The van der Waals surface area contributed by atoms with Gasteiger partial charge in [-0.05, 0) is 39.0 Å². The lowest BCUT2D eigenvalue weighted by Crippen LogP contribution is -2.51. The Labute approximate surface area is 129 Å². The number of carbonyl (C=O) groups excluding carboxylic acids is 2. The lowest BCUT2D eigenvalue weighted by atomic mass is 10.0. The van der Waals surface area contributed by atoms with Crippen molar-refractivity contribution >= 4 is 17.5 Å². The van der Waals surface area contributed by atoms with Crippen molar-refractivity contribution in [3.05, 3.63) is 53.3 Å². The predicted octanol–water partition coefficient (Wildman–Crippen LogP) is 2.57. The molecule has 2 heterocycles. The highest BCUT2D eigenvalue weighted by Crippen LogP contribution is 2.22. The lowest BCUT2D eigenvalue weighted by Gasteiger charge is -2.32. The first-order valence-corrected chi connectivity index (χ1v) is 7.25. The van der Waals surface area contributed by atoms with Gasteiger partial charge in [0.2, 0.25) is 0 Å². The Morgan fingerprint density at radius 1 is 1.23 bits per heavy atom. The summed E-state index contributed by atoms with van der Waals surface area (Å²) in [4.78, 5) is 24.7. The molecule has 1 aliphatic rings. The van der Waals surface area contributed by atoms with E-state index >= 15 is 0 Å². The zero-order valence-electron chi connectivity index (χ0n) is 12.9. The van der Waals surface area contributed by atoms with Gasteiger partial charge in [0.15, 0.2) is 0 Å². The number of aromatic nitrogens is 1. The molecule has 0 saturated heterocycles. The van der Waals surface area contributed by atoms with Crippen LogP contribution in [0.25, 0.3) is 0 Å². The molecule has 22 heavy (non-hydrogen) atoms. The number of nitrogens with one attached hydrogen (secondary N) is 2. The quantitative estimate of drug-likeness (QED) is 0.895. The molecule has 0 atom stereocenters. The van der Waals surface area contributed by atoms with Crippen molar-refractivity contribution in [2.75, 3.05) is 5.32 Å². The van der Waals surface area contributed by atoms with Crippen LogP contribution in [-0.2, 0) is 6.54 Å². The minimum Gasteiger partial charge on any atom is -0.344 e. The highest BCUT2D eigenvalue weighted by atomic mass is 16.2. The van der Waals surface area contributed by atoms with Crippen LogP contribution in [0.3, 0.4) is 0 Å². The van der Waals surface area contributed by atoms with Gasteiger partial charge in [0.25, 0.3) is 11.8 Å². The van der Waals surface area contributed by atoms with Gasteiger partial charge in [0.1, 0.15) is 5.69 Å². The molecular formula is C17H19N3O2. The van der Waals surface area contributed by atoms with E-state index in [1.807, 2.05) is 49.6 Å². The molecule has 114 valence electrons. The second-order valence-electron chi connectivity index (χ2n) is 6.36. The first-order valence-electron chi connectivity index (χ1n) is 7.25. The highest BCUT2D eigenvalue weighted by molar-refractivity contribution is 6.12. The molecule has 0 fully saturated rings. The summed E-state index contributed by atoms with van der Waals surface area (Å²) in [6.07, 6.45) is 1.79. The number of rotatable bonds is 2. The molecule has 2 N–H and O–H groups in total. The first kappa shape index (κ1) is 14.4. The van der Waals surface area contributed by atoms with Gasteiger partial charge in [-0.2, -0.15) is 0 Å². The van der Waals surface area contributed by atoms with Gasteiger partial charge >= 0.3 is 0 Å². The van der Waals surface area contributed by atoms with Crippen LogP contribution in [0.15, 0.2) is 36.5 Å². The Kier molecular flexibility index (Phi) is 3.28. The maximum absolute atomic E-state index is 12.4. The second kappa shape index (κ2) is 5.02. The van der Waals surface area contributed by atoms with Crippen molar-refractivity contribution in [1.29, 1.82) is 0 Å². The standard InChI is InChI=1S/C17H19N3O2/c1-11-4-6-12(7-5-11)18-15(21)13-8-9-20-10-17(2,3)19-16(22)14(13)20/h4-9H,10H2,1-3H3,(H,18,21)(H,19,22). The van der Waals surface area contributed by atoms with Crippen LogP contribution < -0.4 is 10.6 Å². The number of nitrogens with zero attached hydrogens (tertiary/aromatic N) is 1. The highest BCUT2D eigenvalue weighted by Gasteiger charge is 2.33. The molecule has 0 spiro atoms. The Balaban J connectivity index is 1.87. The van der Waals surface area contributed by atoms with Crippen LogP contribution in [0.2, 0.25) is 0 Å². The number of benzene rings is 1. The first-order chi connectivity index (χ1) is 10.4. The number of fused-ring (bicyclic) bond motifs is 1. The summed E-state index contributed by atoms with van der Waals surface area (Å²) in [6, 6.07) is 9.25. The van der Waals surface area contributed by atoms with E-state index in [2.05, 4.69) is 10.6 Å². The molecule has 1 aromatic carbocycles. The van der Waals surface area contributed by atoms with E-state index in [1.54, 1.807) is 12.3 Å². The lowest BCUT2D eigenvalue weighted by molar-refractivity contribution is 0.0853. The van der Waals surface area contributed by atoms with Crippen molar-refractivity contribution in [2.24, 2.45) is 0 Å². The van der Waals surface area contributed by atoms with E-state index in [4.69, 9.17) is 0 Å². The minimum atomic E-state index is -0.312. The maximum atomic E-state index is 12.4. The van der Waals surface area contributed by atoms with E-state index in [-0.39, 0.29) is 17.4 Å². The molecule has 3 rings (SSSR count). The number of carbonyl (C=O) groups is 2. The summed E-state index contributed by atoms with van der Waals surface area (Å²) in [7, 11) is 0. The third-order valence-corrected chi connectivity index (χ3v) is 3.75. The summed E-state index contributed by atoms with van der Waals surface area (Å²) in [5.41, 5.74) is 2.35. The van der Waals surface area contributed by atoms with Gasteiger partial charge in [-0.15, -0.1) is 0 Å². The van der Waals surface area contributed by atoms with Crippen molar-refractivity contribution in [3.8, 4) is 0 Å². The molecule has 1 aliphatic heterocycles. The molecule has 5 heteroatoms. The van der Waals surface area contributed by atoms with E-state index in [9.17, 15) is 9.59 Å². The number of aryl methyl sites for hydroxylation is 1. The van der Waals surface area contributed by atoms with Crippen molar-refractivity contribution < 1.29 is 9.59 Å². The summed E-state index contributed by atoms with van der Waals surface area (Å²) in [6.45, 7) is 6.55. The Morgan fingerprint density at radius 2 is 1.91 bits per heavy atom. The van der Waals surface area contributed by atoms with E-state index in [1.165, 1.54) is 0 Å². The molecule has 0 bridgehead atoms. The zero-order chi connectivity index (χ0) is 15.9. The topological polar surface area (TPSA) is 63.1 Å². The Bertz CT molecular complexity index is 742. The Morgan fingerprint density at radius 3 is 2.59 bits per heavy atom. The molecule has 2 aromatic rings. The molecule has 2 amide bonds. The van der Waals surface area contributed by atoms with Crippen LogP contribution >= 0.6 is 0 Å². The van der Waals surface area contributed by atoms with E-state index in [0.717, 1.165) is 5.56 Å². The molecule has 0 aliphatic carbocycles. The van der Waals surface area contributed by atoms with Crippen molar-refractivity contribution in [2.45, 2.75) is 32.9 Å². The predicted molar refractivity (Wildman–Crippen MR) is 85.1 cm³/mol. The van der Waals surface area contributed by atoms with Crippen LogP contribution in [0.5, 0.6) is 0 Å². The van der Waals surface area contributed by atoms with Gasteiger partial charge in [-0.3, -0.25) is 9.59 Å². The summed E-state index contributed by atoms with van der Waals surface area (Å²) in [5.74, 6) is -0.484. The number of hydrogen-bond donors (Lipinski definition) is 2. The number of hydrogen-bond acceptors (Lipinski definition) is 2. The summed E-state index contributed by atoms with van der Waals surface area (Å²) >= 11 is 0. The van der Waals surface area contributed by atoms with Gasteiger partial charge in [-0.1, -0.05) is 17.7 Å². The minimum absolute atomic E-state index is 0.213. The second-order valence-corrected chi connectivity index (χ2v) is 6.36. The number of amides is 2. The number of anilines is 1. The molecule has 5 nitrogen and oxygen atoms in total. The third-order valence-electron chi connectivity index (χ3n) is 3.75. The molecule has 0 radical (unpaired) electrons. The van der Waals surface area contributed by atoms with Gasteiger partial charge in [0.05, 0.1) is 11.1 Å².